The Hall–Kier alpha value is -3.30. The molecule has 1 aliphatic heterocycles. The fourth-order valence-corrected chi connectivity index (χ4v) is 5.54. The summed E-state index contributed by atoms with van der Waals surface area (Å²) in [5.41, 5.74) is 8.87. The molecule has 12 heteroatoms. The van der Waals surface area contributed by atoms with Crippen molar-refractivity contribution < 1.29 is 14.4 Å². The lowest BCUT2D eigenvalue weighted by Gasteiger charge is -2.25. The van der Waals surface area contributed by atoms with Crippen molar-refractivity contribution >= 4 is 58.6 Å². The van der Waals surface area contributed by atoms with Crippen molar-refractivity contribution in [1.29, 1.82) is 0 Å². The first kappa shape index (κ1) is 27.7. The second kappa shape index (κ2) is 11.6. The topological polar surface area (TPSA) is 138 Å². The van der Waals surface area contributed by atoms with E-state index in [9.17, 15) is 9.67 Å². The fraction of sp³-hybridized carbons (Fsp3) is 0.308. The number of ether oxygens (including phenoxy) is 1. The number of rotatable bonds is 10. The van der Waals surface area contributed by atoms with Gasteiger partial charge in [0, 0.05) is 30.5 Å². The van der Waals surface area contributed by atoms with Gasteiger partial charge in [0.15, 0.2) is 5.82 Å². The van der Waals surface area contributed by atoms with Crippen LogP contribution in [0.25, 0.3) is 0 Å². The highest BCUT2D eigenvalue weighted by atomic mass is 35.5. The molecular weight excluding hydrogens is 525 g/mol. The first-order valence-corrected chi connectivity index (χ1v) is 15.1. The van der Waals surface area contributed by atoms with E-state index in [1.165, 1.54) is 12.3 Å². The van der Waals surface area contributed by atoms with Crippen LogP contribution in [0.3, 0.4) is 0 Å². The predicted octanol–water partition coefficient (Wildman–Crippen LogP) is 4.33. The number of anilines is 6. The Kier molecular flexibility index (Phi) is 8.47. The Balaban J connectivity index is 1.68. The fourth-order valence-electron chi connectivity index (χ4n) is 4.25. The minimum Gasteiger partial charge on any atom is -0.494 e. The molecule has 1 unspecified atom stereocenters. The van der Waals surface area contributed by atoms with Gasteiger partial charge in [-0.1, -0.05) is 30.3 Å². The summed E-state index contributed by atoms with van der Waals surface area (Å²) in [6, 6.07) is 11.1. The molecule has 0 radical (unpaired) electrons. The molecule has 2 atom stereocenters. The van der Waals surface area contributed by atoms with Gasteiger partial charge in [-0.05, 0) is 44.0 Å². The van der Waals surface area contributed by atoms with Gasteiger partial charge in [0.05, 0.1) is 36.1 Å². The van der Waals surface area contributed by atoms with Crippen molar-refractivity contribution in [2.45, 2.75) is 18.7 Å². The molecule has 1 aromatic heterocycles. The lowest BCUT2D eigenvalue weighted by atomic mass is 10.2. The first-order valence-electron chi connectivity index (χ1n) is 12.1. The molecule has 38 heavy (non-hydrogen) atoms. The van der Waals surface area contributed by atoms with Crippen LogP contribution in [0, 0.1) is 0 Å². The summed E-state index contributed by atoms with van der Waals surface area (Å²) in [6.45, 7) is 8.55. The zero-order valence-electron chi connectivity index (χ0n) is 21.6. The van der Waals surface area contributed by atoms with Crippen molar-refractivity contribution in [3.05, 3.63) is 60.3 Å². The molecule has 0 spiro atoms. The molecule has 1 aliphatic rings. The van der Waals surface area contributed by atoms with Crippen LogP contribution in [-0.2, 0) is 4.57 Å². The Morgan fingerprint density at radius 1 is 1.26 bits per heavy atom. The summed E-state index contributed by atoms with van der Waals surface area (Å²) < 4.78 is 18.5. The molecule has 202 valence electrons. The average molecular weight is 558 g/mol. The number of aliphatic hydroxyl groups is 1. The van der Waals surface area contributed by atoms with Gasteiger partial charge in [-0.3, -0.25) is 0 Å². The van der Waals surface area contributed by atoms with Crippen LogP contribution in [-0.4, -0.2) is 60.9 Å². The minimum absolute atomic E-state index is 0.0730. The monoisotopic (exact) mass is 557 g/mol. The summed E-state index contributed by atoms with van der Waals surface area (Å²) in [6.07, 6.45) is 2.80. The number of hydrogen-bond acceptors (Lipinski definition) is 10. The van der Waals surface area contributed by atoms with Gasteiger partial charge in [0.2, 0.25) is 5.95 Å². The van der Waals surface area contributed by atoms with Gasteiger partial charge in [-0.15, -0.1) is 0 Å². The van der Waals surface area contributed by atoms with Crippen LogP contribution in [0.4, 0.5) is 34.5 Å². The smallest absolute Gasteiger partial charge is 0.229 e. The average Bonchev–Trinajstić information content (AvgIpc) is 3.31. The van der Waals surface area contributed by atoms with Crippen molar-refractivity contribution in [2.24, 2.45) is 5.73 Å². The molecule has 10 nitrogen and oxygen atoms in total. The van der Waals surface area contributed by atoms with Crippen molar-refractivity contribution in [3.63, 3.8) is 0 Å². The summed E-state index contributed by atoms with van der Waals surface area (Å²) in [4.78, 5) is 11.0. The van der Waals surface area contributed by atoms with Gasteiger partial charge >= 0.3 is 0 Å². The maximum Gasteiger partial charge on any atom is 0.229 e. The third-order valence-corrected chi connectivity index (χ3v) is 7.96. The normalized spacial score (nSPS) is 16.2. The molecular formula is C26H33ClN7O3P. The molecule has 0 saturated carbocycles. The molecule has 0 bridgehead atoms. The summed E-state index contributed by atoms with van der Waals surface area (Å²) >= 11 is 6.41. The summed E-state index contributed by atoms with van der Waals surface area (Å²) in [7, 11) is -0.975. The van der Waals surface area contributed by atoms with E-state index in [2.05, 4.69) is 37.4 Å². The van der Waals surface area contributed by atoms with Gasteiger partial charge in [-0.25, -0.2) is 4.98 Å². The van der Waals surface area contributed by atoms with E-state index >= 15 is 0 Å². The Bertz CT molecular complexity index is 1370. The van der Waals surface area contributed by atoms with Crippen LogP contribution in [0.5, 0.6) is 5.75 Å². The van der Waals surface area contributed by atoms with Crippen LogP contribution in [0.2, 0.25) is 5.02 Å². The summed E-state index contributed by atoms with van der Waals surface area (Å²) in [5.74, 6) is 1.16. The lowest BCUT2D eigenvalue weighted by Crippen LogP contribution is -2.27. The van der Waals surface area contributed by atoms with E-state index in [1.54, 1.807) is 20.4 Å². The number of aliphatic hydroxyl groups excluding tert-OH is 1. The largest absolute Gasteiger partial charge is 0.494 e. The van der Waals surface area contributed by atoms with Gasteiger partial charge in [-0.2, -0.15) is 4.98 Å². The van der Waals surface area contributed by atoms with E-state index < -0.39 is 13.4 Å². The minimum atomic E-state index is -2.55. The number of nitrogens with zero attached hydrogens (tertiary/aromatic N) is 3. The molecule has 2 heterocycles. The van der Waals surface area contributed by atoms with Gasteiger partial charge < -0.3 is 41.0 Å². The quantitative estimate of drug-likeness (QED) is 0.139. The third kappa shape index (κ3) is 6.39. The van der Waals surface area contributed by atoms with Gasteiger partial charge in [0.1, 0.15) is 24.1 Å². The van der Waals surface area contributed by atoms with Crippen molar-refractivity contribution in [3.8, 4) is 5.75 Å². The third-order valence-electron chi connectivity index (χ3n) is 6.14. The number of benzene rings is 2. The molecule has 0 amide bonds. The molecule has 4 rings (SSSR count). The number of para-hydroxylation sites is 1. The number of halogens is 1. The van der Waals surface area contributed by atoms with Crippen molar-refractivity contribution in [1.82, 2.24) is 9.97 Å². The number of nitrogens with one attached hydrogen (secondary N) is 3. The van der Waals surface area contributed by atoms with E-state index in [-0.39, 0.29) is 12.0 Å². The standard InChI is InChI=1S/C26H33ClN7O3P/c1-5-24(35)30-19-12-20(22(37-2)13-21(19)34-11-10-16(28)15-34)32-26-29-14-17(27)25(33-26)31-18-8-6-7-9-23(18)38(3,4)36/h5-9,12-14,16,24,30,35H,1,10-11,15,28H2,2-4H3,(H2,29,31,32,33)/t16?,24-/m1/s1. The number of hydrogen-bond donors (Lipinski definition) is 5. The zero-order chi connectivity index (χ0) is 27.4. The number of aromatic nitrogens is 2. The molecule has 1 fully saturated rings. The second-order valence-electron chi connectivity index (χ2n) is 9.40. The molecule has 2 aromatic carbocycles. The van der Waals surface area contributed by atoms with Gasteiger partial charge in [0.25, 0.3) is 0 Å². The van der Waals surface area contributed by atoms with Crippen LogP contribution < -0.4 is 36.6 Å². The van der Waals surface area contributed by atoms with E-state index in [1.807, 2.05) is 36.4 Å². The maximum absolute atomic E-state index is 12.8. The first-order chi connectivity index (χ1) is 18.1. The predicted molar refractivity (Wildman–Crippen MR) is 157 cm³/mol. The highest BCUT2D eigenvalue weighted by Crippen LogP contribution is 2.41. The van der Waals surface area contributed by atoms with E-state index in [0.29, 0.717) is 45.5 Å². The van der Waals surface area contributed by atoms with Crippen LogP contribution >= 0.6 is 18.7 Å². The Morgan fingerprint density at radius 2 is 2.03 bits per heavy atom. The summed E-state index contributed by atoms with van der Waals surface area (Å²) in [5, 5.41) is 20.7. The van der Waals surface area contributed by atoms with E-state index in [4.69, 9.17) is 22.1 Å². The van der Waals surface area contributed by atoms with Crippen molar-refractivity contribution in [2.75, 3.05) is 54.4 Å². The van der Waals surface area contributed by atoms with Crippen LogP contribution in [0.1, 0.15) is 6.42 Å². The molecule has 6 N–H and O–H groups in total. The SMILES string of the molecule is C=C[C@@H](O)Nc1cc(Nc2ncc(Cl)c(Nc3ccccc3P(C)(C)=O)n2)c(OC)cc1N1CCC(N)C1. The number of nitrogens with two attached hydrogens (primary N) is 1. The highest BCUT2D eigenvalue weighted by molar-refractivity contribution is 7.70. The molecule has 0 aliphatic carbocycles. The molecule has 3 aromatic rings. The second-order valence-corrected chi connectivity index (χ2v) is 13.0. The molecule has 1 saturated heterocycles. The Labute approximate surface area is 227 Å². The number of methoxy groups -OCH3 is 1. The maximum atomic E-state index is 12.8. The highest BCUT2D eigenvalue weighted by Gasteiger charge is 2.24. The van der Waals surface area contributed by atoms with Crippen LogP contribution in [0.15, 0.2) is 55.3 Å². The Morgan fingerprint density at radius 3 is 2.68 bits per heavy atom. The van der Waals surface area contributed by atoms with E-state index in [0.717, 1.165) is 18.7 Å². The zero-order valence-corrected chi connectivity index (χ0v) is 23.3. The lowest BCUT2D eigenvalue weighted by molar-refractivity contribution is 0.253.